The van der Waals surface area contributed by atoms with Crippen molar-refractivity contribution in [2.75, 3.05) is 11.9 Å². The van der Waals surface area contributed by atoms with Gasteiger partial charge < -0.3 is 15.2 Å². The third-order valence-corrected chi connectivity index (χ3v) is 6.67. The molecule has 4 heteroatoms. The van der Waals surface area contributed by atoms with Gasteiger partial charge in [0.05, 0.1) is 6.61 Å². The molecular formula is C33H49NO3. The van der Waals surface area contributed by atoms with Crippen molar-refractivity contribution in [1.82, 2.24) is 0 Å². The Morgan fingerprint density at radius 3 is 1.92 bits per heavy atom. The molecule has 37 heavy (non-hydrogen) atoms. The summed E-state index contributed by atoms with van der Waals surface area (Å²) >= 11 is 0. The van der Waals surface area contributed by atoms with Crippen LogP contribution in [0, 0.1) is 0 Å². The monoisotopic (exact) mass is 507 g/mol. The molecule has 0 fully saturated rings. The largest absolute Gasteiger partial charge is 0.508 e. The zero-order valence-electron chi connectivity index (χ0n) is 23.1. The maximum atomic E-state index is 12.2. The highest BCUT2D eigenvalue weighted by Gasteiger charge is 2.01. The van der Waals surface area contributed by atoms with Gasteiger partial charge in [-0.2, -0.15) is 0 Å². The summed E-state index contributed by atoms with van der Waals surface area (Å²) in [6.45, 7) is 2.98. The molecule has 0 radical (unpaired) electrons. The molecule has 0 aliphatic heterocycles. The van der Waals surface area contributed by atoms with E-state index in [-0.39, 0.29) is 11.7 Å². The summed E-state index contributed by atoms with van der Waals surface area (Å²) in [5, 5.41) is 12.4. The topological polar surface area (TPSA) is 58.6 Å². The van der Waals surface area contributed by atoms with E-state index >= 15 is 0 Å². The predicted molar refractivity (Wildman–Crippen MR) is 157 cm³/mol. The third kappa shape index (κ3) is 15.9. The van der Waals surface area contributed by atoms with Crippen molar-refractivity contribution in [3.8, 4) is 11.5 Å². The van der Waals surface area contributed by atoms with E-state index in [1.54, 1.807) is 24.3 Å². The Morgan fingerprint density at radius 2 is 1.32 bits per heavy atom. The van der Waals surface area contributed by atoms with E-state index in [1.807, 2.05) is 30.3 Å². The Labute approximate surface area is 225 Å². The van der Waals surface area contributed by atoms with Gasteiger partial charge >= 0.3 is 0 Å². The minimum Gasteiger partial charge on any atom is -0.508 e. The van der Waals surface area contributed by atoms with Gasteiger partial charge in [0.25, 0.3) is 0 Å². The summed E-state index contributed by atoms with van der Waals surface area (Å²) < 4.78 is 5.89. The van der Waals surface area contributed by atoms with Gasteiger partial charge in [0, 0.05) is 17.8 Å². The zero-order chi connectivity index (χ0) is 26.4. The number of hydrogen-bond donors (Lipinski definition) is 2. The maximum absolute atomic E-state index is 12.2. The van der Waals surface area contributed by atoms with Crippen LogP contribution in [0.3, 0.4) is 0 Å². The number of carbonyl (C=O) groups is 1. The van der Waals surface area contributed by atoms with Gasteiger partial charge in [0.1, 0.15) is 11.5 Å². The van der Waals surface area contributed by atoms with Crippen molar-refractivity contribution in [2.24, 2.45) is 0 Å². The second kappa shape index (κ2) is 20.3. The van der Waals surface area contributed by atoms with Crippen molar-refractivity contribution in [3.05, 3.63) is 60.2 Å². The van der Waals surface area contributed by atoms with Crippen molar-refractivity contribution in [3.63, 3.8) is 0 Å². The highest BCUT2D eigenvalue weighted by molar-refractivity contribution is 6.02. The predicted octanol–water partition coefficient (Wildman–Crippen LogP) is 9.68. The minimum atomic E-state index is -0.224. The molecule has 2 rings (SSSR count). The van der Waals surface area contributed by atoms with Gasteiger partial charge in [0.2, 0.25) is 5.91 Å². The number of phenolic OH excluding ortho intramolecular Hbond substituents is 1. The van der Waals surface area contributed by atoms with Crippen LogP contribution >= 0.6 is 0 Å². The number of hydrogen-bond acceptors (Lipinski definition) is 3. The van der Waals surface area contributed by atoms with Crippen LogP contribution in [0.25, 0.3) is 6.08 Å². The number of anilines is 1. The van der Waals surface area contributed by atoms with Gasteiger partial charge in [-0.15, -0.1) is 0 Å². The third-order valence-electron chi connectivity index (χ3n) is 6.67. The fourth-order valence-electron chi connectivity index (χ4n) is 4.49. The molecule has 204 valence electrons. The first-order chi connectivity index (χ1) is 18.2. The Hall–Kier alpha value is -2.75. The minimum absolute atomic E-state index is 0.178. The van der Waals surface area contributed by atoms with Crippen LogP contribution in [0.5, 0.6) is 11.5 Å². The summed E-state index contributed by atoms with van der Waals surface area (Å²) in [7, 11) is 0. The highest BCUT2D eigenvalue weighted by Crippen LogP contribution is 2.19. The molecule has 0 aliphatic rings. The second-order valence-corrected chi connectivity index (χ2v) is 10.1. The molecule has 0 aromatic heterocycles. The number of amides is 1. The smallest absolute Gasteiger partial charge is 0.248 e. The molecule has 1 amide bonds. The lowest BCUT2D eigenvalue weighted by Crippen LogP contribution is -2.08. The molecule has 0 saturated heterocycles. The molecule has 0 bridgehead atoms. The number of rotatable bonds is 21. The normalized spacial score (nSPS) is 11.2. The lowest BCUT2D eigenvalue weighted by molar-refractivity contribution is -0.111. The van der Waals surface area contributed by atoms with E-state index in [0.717, 1.165) is 17.7 Å². The van der Waals surface area contributed by atoms with E-state index in [9.17, 15) is 9.90 Å². The number of aromatic hydroxyl groups is 1. The first-order valence-electron chi connectivity index (χ1n) is 14.7. The molecule has 2 N–H and O–H groups in total. The fraction of sp³-hybridized carbons (Fsp3) is 0.545. The maximum Gasteiger partial charge on any atom is 0.248 e. The van der Waals surface area contributed by atoms with E-state index in [2.05, 4.69) is 12.2 Å². The lowest BCUT2D eigenvalue weighted by Gasteiger charge is -2.08. The molecule has 0 heterocycles. The van der Waals surface area contributed by atoms with Crippen LogP contribution in [-0.2, 0) is 4.79 Å². The summed E-state index contributed by atoms with van der Waals surface area (Å²) in [6.07, 6.45) is 24.9. The molecule has 0 unspecified atom stereocenters. The van der Waals surface area contributed by atoms with Crippen molar-refractivity contribution >= 4 is 17.7 Å². The number of unbranched alkanes of at least 4 members (excludes halogenated alkanes) is 15. The SMILES string of the molecule is CCCCCCCCCCCCCCCCCCOc1cccc(NC(=O)/C=C/c2cccc(O)c2)c1. The van der Waals surface area contributed by atoms with Crippen molar-refractivity contribution < 1.29 is 14.6 Å². The number of phenols is 1. The number of ether oxygens (including phenoxy) is 1. The first-order valence-corrected chi connectivity index (χ1v) is 14.7. The average Bonchev–Trinajstić information content (AvgIpc) is 2.89. The van der Waals surface area contributed by atoms with E-state index < -0.39 is 0 Å². The van der Waals surface area contributed by atoms with Crippen LogP contribution in [0.15, 0.2) is 54.6 Å². The molecule has 4 nitrogen and oxygen atoms in total. The highest BCUT2D eigenvalue weighted by atomic mass is 16.5. The molecule has 0 saturated carbocycles. The first kappa shape index (κ1) is 30.5. The van der Waals surface area contributed by atoms with Gasteiger partial charge in [-0.3, -0.25) is 4.79 Å². The van der Waals surface area contributed by atoms with Gasteiger partial charge in [-0.1, -0.05) is 121 Å². The Kier molecular flexibility index (Phi) is 16.7. The molecule has 2 aromatic carbocycles. The molecule has 0 aliphatic carbocycles. The summed E-state index contributed by atoms with van der Waals surface area (Å²) in [5.74, 6) is 0.728. The van der Waals surface area contributed by atoms with Gasteiger partial charge in [-0.25, -0.2) is 0 Å². The second-order valence-electron chi connectivity index (χ2n) is 10.1. The number of nitrogens with one attached hydrogen (secondary N) is 1. The molecule has 0 atom stereocenters. The summed E-state index contributed by atoms with van der Waals surface area (Å²) in [6, 6.07) is 14.3. The van der Waals surface area contributed by atoms with E-state index in [1.165, 1.54) is 102 Å². The summed E-state index contributed by atoms with van der Waals surface area (Å²) in [5.41, 5.74) is 1.47. The zero-order valence-corrected chi connectivity index (χ0v) is 23.1. The van der Waals surface area contributed by atoms with Gasteiger partial charge in [0.15, 0.2) is 0 Å². The number of benzene rings is 2. The molecule has 2 aromatic rings. The summed E-state index contributed by atoms with van der Waals surface area (Å²) in [4.78, 5) is 12.2. The van der Waals surface area contributed by atoms with Crippen LogP contribution in [0.2, 0.25) is 0 Å². The van der Waals surface area contributed by atoms with E-state index in [0.29, 0.717) is 12.3 Å². The Bertz CT molecular complexity index is 893. The van der Waals surface area contributed by atoms with Crippen LogP contribution in [-0.4, -0.2) is 17.6 Å². The number of carbonyl (C=O) groups excluding carboxylic acids is 1. The average molecular weight is 508 g/mol. The van der Waals surface area contributed by atoms with E-state index in [4.69, 9.17) is 4.74 Å². The van der Waals surface area contributed by atoms with Crippen molar-refractivity contribution in [2.45, 2.75) is 110 Å². The fourth-order valence-corrected chi connectivity index (χ4v) is 4.49. The van der Waals surface area contributed by atoms with Crippen molar-refractivity contribution in [1.29, 1.82) is 0 Å². The van der Waals surface area contributed by atoms with Crippen LogP contribution < -0.4 is 10.1 Å². The Balaban J connectivity index is 1.45. The molecular weight excluding hydrogens is 458 g/mol. The molecule has 0 spiro atoms. The Morgan fingerprint density at radius 1 is 0.757 bits per heavy atom. The van der Waals surface area contributed by atoms with Crippen LogP contribution in [0.4, 0.5) is 5.69 Å². The quantitative estimate of drug-likeness (QED) is 0.131. The standard InChI is InChI=1S/C33H49NO3/c1-2-3-4-5-6-7-8-9-10-11-12-13-14-15-16-17-26-37-32-23-19-21-30(28-32)34-33(36)25-24-29-20-18-22-31(35)27-29/h18-25,27-28,35H,2-17,26H2,1H3,(H,34,36)/b25-24+. The van der Waals surface area contributed by atoms with Crippen LogP contribution in [0.1, 0.15) is 115 Å². The lowest BCUT2D eigenvalue weighted by atomic mass is 10.0. The van der Waals surface area contributed by atoms with Gasteiger partial charge in [-0.05, 0) is 42.3 Å².